The number of benzene rings is 1. The summed E-state index contributed by atoms with van der Waals surface area (Å²) in [6, 6.07) is 5.03. The van der Waals surface area contributed by atoms with Gasteiger partial charge in [-0.2, -0.15) is 0 Å². The molecule has 1 rings (SSSR count). The van der Waals surface area contributed by atoms with E-state index in [9.17, 15) is 9.59 Å². The minimum Gasteiger partial charge on any atom is -0.495 e. The van der Waals surface area contributed by atoms with Gasteiger partial charge in [0.1, 0.15) is 5.75 Å². The summed E-state index contributed by atoms with van der Waals surface area (Å²) in [5, 5.41) is 2.74. The molecule has 6 nitrogen and oxygen atoms in total. The highest BCUT2D eigenvalue weighted by atomic mass is 32.2. The van der Waals surface area contributed by atoms with E-state index in [0.717, 1.165) is 0 Å². The number of hydrogen-bond acceptors (Lipinski definition) is 6. The topological polar surface area (TPSA) is 90.7 Å². The van der Waals surface area contributed by atoms with Gasteiger partial charge in [0.2, 0.25) is 5.91 Å². The monoisotopic (exact) mass is 312 g/mol. The third kappa shape index (κ3) is 6.40. The fraction of sp³-hybridized carbons (Fsp3) is 0.429. The molecule has 7 heteroatoms. The van der Waals surface area contributed by atoms with Crippen LogP contribution < -0.4 is 15.8 Å². The number of amides is 1. The average Bonchev–Trinajstić information content (AvgIpc) is 2.44. The van der Waals surface area contributed by atoms with Crippen LogP contribution in [0.4, 0.5) is 11.4 Å². The first-order valence-electron chi connectivity index (χ1n) is 6.53. The van der Waals surface area contributed by atoms with E-state index in [0.29, 0.717) is 35.9 Å². The number of nitrogens with one attached hydrogen (secondary N) is 1. The van der Waals surface area contributed by atoms with Crippen molar-refractivity contribution in [1.82, 2.24) is 0 Å². The lowest BCUT2D eigenvalue weighted by atomic mass is 10.2. The zero-order valence-electron chi connectivity index (χ0n) is 12.2. The molecule has 0 fully saturated rings. The Bertz CT molecular complexity index is 494. The summed E-state index contributed by atoms with van der Waals surface area (Å²) in [4.78, 5) is 23.0. The first-order chi connectivity index (χ1) is 10.1. The number of ether oxygens (including phenoxy) is 2. The largest absolute Gasteiger partial charge is 0.495 e. The van der Waals surface area contributed by atoms with Crippen LogP contribution in [-0.4, -0.2) is 37.1 Å². The molecule has 1 amide bonds. The van der Waals surface area contributed by atoms with Gasteiger partial charge in [-0.05, 0) is 25.1 Å². The van der Waals surface area contributed by atoms with Crippen molar-refractivity contribution in [3.63, 3.8) is 0 Å². The van der Waals surface area contributed by atoms with Crippen molar-refractivity contribution in [2.75, 3.05) is 36.3 Å². The standard InChI is InChI=1S/C14H20N2O4S/c1-3-20-14(18)9-21-7-6-13(17)16-11-8-10(15)4-5-12(11)19-2/h4-5,8H,3,6-7,9,15H2,1-2H3,(H,16,17). The minimum absolute atomic E-state index is 0.157. The Kier molecular flexibility index (Phi) is 7.45. The maximum atomic E-state index is 11.8. The number of carbonyl (C=O) groups excluding carboxylic acids is 2. The molecule has 0 heterocycles. The molecular formula is C14H20N2O4S. The Balaban J connectivity index is 2.37. The van der Waals surface area contributed by atoms with Gasteiger partial charge < -0.3 is 20.5 Å². The molecule has 0 unspecified atom stereocenters. The first-order valence-corrected chi connectivity index (χ1v) is 7.69. The predicted octanol–water partition coefficient (Wildman–Crippen LogP) is 1.90. The van der Waals surface area contributed by atoms with Gasteiger partial charge in [0, 0.05) is 17.9 Å². The summed E-state index contributed by atoms with van der Waals surface area (Å²) in [5.41, 5.74) is 6.76. The van der Waals surface area contributed by atoms with Gasteiger partial charge in [-0.1, -0.05) is 0 Å². The van der Waals surface area contributed by atoms with Crippen LogP contribution in [0.5, 0.6) is 5.75 Å². The van der Waals surface area contributed by atoms with Crippen molar-refractivity contribution in [3.8, 4) is 5.75 Å². The zero-order valence-corrected chi connectivity index (χ0v) is 13.0. The number of carbonyl (C=O) groups is 2. The molecule has 0 radical (unpaired) electrons. The SMILES string of the molecule is CCOC(=O)CSCCC(=O)Nc1cc(N)ccc1OC. The maximum Gasteiger partial charge on any atom is 0.315 e. The van der Waals surface area contributed by atoms with Crippen LogP contribution in [0.15, 0.2) is 18.2 Å². The van der Waals surface area contributed by atoms with Crippen molar-refractivity contribution in [1.29, 1.82) is 0 Å². The second-order valence-electron chi connectivity index (χ2n) is 4.12. The molecule has 0 aromatic heterocycles. The maximum absolute atomic E-state index is 11.8. The summed E-state index contributed by atoms with van der Waals surface area (Å²) in [6.07, 6.45) is 0.294. The van der Waals surface area contributed by atoms with Gasteiger partial charge >= 0.3 is 5.97 Å². The Morgan fingerprint density at radius 2 is 2.14 bits per heavy atom. The molecule has 0 aliphatic rings. The van der Waals surface area contributed by atoms with Crippen LogP contribution in [0.1, 0.15) is 13.3 Å². The average molecular weight is 312 g/mol. The smallest absolute Gasteiger partial charge is 0.315 e. The number of nitrogens with two attached hydrogens (primary N) is 1. The number of rotatable bonds is 8. The summed E-state index contributed by atoms with van der Waals surface area (Å²) < 4.78 is 9.95. The molecule has 0 saturated carbocycles. The Labute approximate surface area is 128 Å². The molecule has 0 aliphatic carbocycles. The molecule has 21 heavy (non-hydrogen) atoms. The van der Waals surface area contributed by atoms with E-state index >= 15 is 0 Å². The number of methoxy groups -OCH3 is 1. The van der Waals surface area contributed by atoms with Crippen LogP contribution in [0.2, 0.25) is 0 Å². The lowest BCUT2D eigenvalue weighted by Gasteiger charge is -2.10. The third-order valence-corrected chi connectivity index (χ3v) is 3.43. The van der Waals surface area contributed by atoms with Crippen LogP contribution in [0.25, 0.3) is 0 Å². The molecule has 0 spiro atoms. The van der Waals surface area contributed by atoms with Gasteiger partial charge in [0.05, 0.1) is 25.2 Å². The summed E-state index contributed by atoms with van der Waals surface area (Å²) >= 11 is 1.36. The molecular weight excluding hydrogens is 292 g/mol. The molecule has 0 atom stereocenters. The Hall–Kier alpha value is -1.89. The molecule has 0 saturated heterocycles. The molecule has 1 aromatic carbocycles. The van der Waals surface area contributed by atoms with E-state index < -0.39 is 0 Å². The zero-order chi connectivity index (χ0) is 15.7. The normalized spacial score (nSPS) is 10.0. The Morgan fingerprint density at radius 1 is 1.38 bits per heavy atom. The van der Waals surface area contributed by atoms with E-state index in [1.807, 2.05) is 0 Å². The number of thioether (sulfide) groups is 1. The van der Waals surface area contributed by atoms with Gasteiger partial charge in [-0.15, -0.1) is 11.8 Å². The highest BCUT2D eigenvalue weighted by Crippen LogP contribution is 2.26. The lowest BCUT2D eigenvalue weighted by molar-refractivity contribution is -0.139. The van der Waals surface area contributed by atoms with Crippen molar-refractivity contribution in [3.05, 3.63) is 18.2 Å². The second kappa shape index (κ2) is 9.12. The van der Waals surface area contributed by atoms with Crippen LogP contribution in [-0.2, 0) is 14.3 Å². The van der Waals surface area contributed by atoms with Crippen molar-refractivity contribution < 1.29 is 19.1 Å². The van der Waals surface area contributed by atoms with Crippen LogP contribution in [0, 0.1) is 0 Å². The molecule has 1 aromatic rings. The summed E-state index contributed by atoms with van der Waals surface area (Å²) in [5.74, 6) is 0.922. The van der Waals surface area contributed by atoms with Gasteiger partial charge in [0.25, 0.3) is 0 Å². The number of hydrogen-bond donors (Lipinski definition) is 2. The van der Waals surface area contributed by atoms with Gasteiger partial charge in [-0.25, -0.2) is 0 Å². The van der Waals surface area contributed by atoms with Crippen LogP contribution >= 0.6 is 11.8 Å². The number of esters is 1. The predicted molar refractivity (Wildman–Crippen MR) is 84.6 cm³/mol. The van der Waals surface area contributed by atoms with Crippen molar-refractivity contribution >= 4 is 35.0 Å². The van der Waals surface area contributed by atoms with E-state index in [1.54, 1.807) is 25.1 Å². The van der Waals surface area contributed by atoms with Gasteiger partial charge in [-0.3, -0.25) is 9.59 Å². The van der Waals surface area contributed by atoms with E-state index in [-0.39, 0.29) is 17.6 Å². The van der Waals surface area contributed by atoms with Crippen molar-refractivity contribution in [2.24, 2.45) is 0 Å². The fourth-order valence-corrected chi connectivity index (χ4v) is 2.28. The molecule has 3 N–H and O–H groups in total. The fourth-order valence-electron chi connectivity index (χ4n) is 1.56. The lowest BCUT2D eigenvalue weighted by Crippen LogP contribution is -2.14. The minimum atomic E-state index is -0.264. The molecule has 0 aliphatic heterocycles. The highest BCUT2D eigenvalue weighted by Gasteiger charge is 2.09. The summed E-state index contributed by atoms with van der Waals surface area (Å²) in [6.45, 7) is 2.13. The van der Waals surface area contributed by atoms with E-state index in [1.165, 1.54) is 18.9 Å². The van der Waals surface area contributed by atoms with E-state index in [2.05, 4.69) is 5.32 Å². The van der Waals surface area contributed by atoms with Crippen molar-refractivity contribution in [2.45, 2.75) is 13.3 Å². The number of anilines is 2. The second-order valence-corrected chi connectivity index (χ2v) is 5.22. The Morgan fingerprint density at radius 3 is 2.81 bits per heavy atom. The van der Waals surface area contributed by atoms with E-state index in [4.69, 9.17) is 15.2 Å². The first kappa shape index (κ1) is 17.2. The van der Waals surface area contributed by atoms with Crippen LogP contribution in [0.3, 0.4) is 0 Å². The molecule has 0 bridgehead atoms. The molecule has 116 valence electrons. The quantitative estimate of drug-likeness (QED) is 0.433. The third-order valence-electron chi connectivity index (χ3n) is 2.50. The van der Waals surface area contributed by atoms with Gasteiger partial charge in [0.15, 0.2) is 0 Å². The summed E-state index contributed by atoms with van der Waals surface area (Å²) in [7, 11) is 1.52. The number of nitrogen functional groups attached to an aromatic ring is 1. The highest BCUT2D eigenvalue weighted by molar-refractivity contribution is 7.99.